The van der Waals surface area contributed by atoms with Gasteiger partial charge in [0.15, 0.2) is 0 Å². The first kappa shape index (κ1) is 32.4. The molecular weight excluding hydrogens is 541 g/mol. The van der Waals surface area contributed by atoms with Gasteiger partial charge in [-0.1, -0.05) is 12.6 Å². The van der Waals surface area contributed by atoms with Crippen molar-refractivity contribution < 1.29 is 49.0 Å². The lowest BCUT2D eigenvalue weighted by Crippen LogP contribution is -2.65. The Labute approximate surface area is 220 Å². The standard InChI is InChI=1S/C21H46O11Si4/c1-10-21(29-18-20-17-28-20)36(24-5,25-6)32-34(9,11-2)30-33(7,8)31-35(22-3,23-4)14-12-13-26-15-19-16-27-19/h11,19-21H,2,10,12-18H2,1,3-9H3. The maximum Gasteiger partial charge on any atom is 0.522 e. The van der Waals surface area contributed by atoms with Crippen LogP contribution < -0.4 is 0 Å². The van der Waals surface area contributed by atoms with Gasteiger partial charge < -0.3 is 49.0 Å². The molecule has 2 heterocycles. The lowest BCUT2D eigenvalue weighted by atomic mass is 10.5. The Hall–Kier alpha value is 0.168. The summed E-state index contributed by atoms with van der Waals surface area (Å²) in [6.07, 6.45) is 1.75. The van der Waals surface area contributed by atoms with Crippen LogP contribution in [0.15, 0.2) is 12.3 Å². The fraction of sp³-hybridized carbons (Fsp3) is 0.905. The van der Waals surface area contributed by atoms with Crippen LogP contribution in [-0.2, 0) is 49.0 Å². The summed E-state index contributed by atoms with van der Waals surface area (Å²) in [7, 11) is -5.82. The van der Waals surface area contributed by atoms with E-state index in [1.54, 1.807) is 34.1 Å². The van der Waals surface area contributed by atoms with E-state index in [1.807, 2.05) is 26.6 Å². The molecule has 0 aliphatic carbocycles. The van der Waals surface area contributed by atoms with Crippen LogP contribution in [0.25, 0.3) is 0 Å². The van der Waals surface area contributed by atoms with E-state index in [9.17, 15) is 0 Å². The molecule has 4 atom stereocenters. The lowest BCUT2D eigenvalue weighted by Gasteiger charge is -2.42. The molecule has 0 spiro atoms. The van der Waals surface area contributed by atoms with E-state index in [-0.39, 0.29) is 17.9 Å². The van der Waals surface area contributed by atoms with Gasteiger partial charge in [0.05, 0.1) is 26.4 Å². The second-order valence-corrected chi connectivity index (χ2v) is 22.4. The Bertz CT molecular complexity index is 658. The largest absolute Gasteiger partial charge is 0.522 e. The van der Waals surface area contributed by atoms with Crippen molar-refractivity contribution in [1.29, 1.82) is 0 Å². The first-order chi connectivity index (χ1) is 17.0. The van der Waals surface area contributed by atoms with Crippen LogP contribution in [0, 0.1) is 0 Å². The van der Waals surface area contributed by atoms with Gasteiger partial charge in [0, 0.05) is 41.1 Å². The first-order valence-electron chi connectivity index (χ1n) is 12.4. The molecule has 0 aromatic rings. The maximum atomic E-state index is 6.63. The number of ether oxygens (including phenoxy) is 4. The molecule has 0 N–H and O–H groups in total. The van der Waals surface area contributed by atoms with E-state index in [0.29, 0.717) is 38.9 Å². The fourth-order valence-electron chi connectivity index (χ4n) is 3.81. The molecule has 4 unspecified atom stereocenters. The molecule has 36 heavy (non-hydrogen) atoms. The van der Waals surface area contributed by atoms with Crippen molar-refractivity contribution in [3.63, 3.8) is 0 Å². The minimum atomic E-state index is -3.30. The van der Waals surface area contributed by atoms with Crippen LogP contribution >= 0.6 is 0 Å². The van der Waals surface area contributed by atoms with Gasteiger partial charge in [-0.15, -0.1) is 6.58 Å². The van der Waals surface area contributed by atoms with Gasteiger partial charge >= 0.3 is 34.7 Å². The Morgan fingerprint density at radius 1 is 0.889 bits per heavy atom. The SMILES string of the molecule is C=C[Si](C)(O[Si](C)(C)O[Si](CCCOCC1CO1)(OC)OC)O[Si](OC)(OC)C(CC)OCC1CO1. The number of hydrogen-bond acceptors (Lipinski definition) is 11. The summed E-state index contributed by atoms with van der Waals surface area (Å²) in [5.41, 5.74) is 1.35. The third-order valence-electron chi connectivity index (χ3n) is 5.89. The minimum absolute atomic E-state index is 0.118. The second-order valence-electron chi connectivity index (χ2n) is 9.35. The van der Waals surface area contributed by atoms with Gasteiger partial charge in [-0.25, -0.2) is 0 Å². The average molecular weight is 587 g/mol. The third kappa shape index (κ3) is 10.0. The molecule has 0 aromatic carbocycles. The van der Waals surface area contributed by atoms with Crippen LogP contribution in [-0.4, -0.2) is 114 Å². The summed E-state index contributed by atoms with van der Waals surface area (Å²) >= 11 is 0. The summed E-state index contributed by atoms with van der Waals surface area (Å²) in [4.78, 5) is 0. The van der Waals surface area contributed by atoms with E-state index in [0.717, 1.165) is 13.0 Å². The molecule has 15 heteroatoms. The molecule has 212 valence electrons. The van der Waals surface area contributed by atoms with Crippen molar-refractivity contribution in [2.75, 3.05) is 61.5 Å². The number of rotatable bonds is 22. The van der Waals surface area contributed by atoms with Gasteiger partial charge in [-0.05, 0) is 32.5 Å². The van der Waals surface area contributed by atoms with Crippen LogP contribution in [0.1, 0.15) is 19.8 Å². The van der Waals surface area contributed by atoms with Crippen molar-refractivity contribution in [3.05, 3.63) is 12.3 Å². The highest BCUT2D eigenvalue weighted by Crippen LogP contribution is 2.30. The van der Waals surface area contributed by atoms with Gasteiger partial charge in [0.2, 0.25) is 0 Å². The maximum absolute atomic E-state index is 6.63. The predicted molar refractivity (Wildman–Crippen MR) is 142 cm³/mol. The Balaban J connectivity index is 2.05. The lowest BCUT2D eigenvalue weighted by molar-refractivity contribution is 0.0155. The summed E-state index contributed by atoms with van der Waals surface area (Å²) in [5, 5.41) is 0. The smallest absolute Gasteiger partial charge is 0.413 e. The first-order valence-corrected chi connectivity index (χ1v) is 21.4. The molecule has 11 nitrogen and oxygen atoms in total. The molecule has 2 aliphatic heterocycles. The number of hydrogen-bond donors (Lipinski definition) is 0. The van der Waals surface area contributed by atoms with Crippen molar-refractivity contribution in [2.45, 2.75) is 63.4 Å². The molecule has 2 rings (SSSR count). The Morgan fingerprint density at radius 3 is 1.94 bits per heavy atom. The van der Waals surface area contributed by atoms with Gasteiger partial charge in [0.1, 0.15) is 17.9 Å². The molecule has 0 aromatic heterocycles. The van der Waals surface area contributed by atoms with Crippen LogP contribution in [0.3, 0.4) is 0 Å². The predicted octanol–water partition coefficient (Wildman–Crippen LogP) is 2.54. The molecule has 0 amide bonds. The molecule has 2 aliphatic rings. The highest BCUT2D eigenvalue weighted by molar-refractivity contribution is 6.89. The third-order valence-corrected chi connectivity index (χ3v) is 20.9. The van der Waals surface area contributed by atoms with Crippen molar-refractivity contribution in [1.82, 2.24) is 0 Å². The minimum Gasteiger partial charge on any atom is -0.413 e. The normalized spacial score (nSPS) is 22.8. The quantitative estimate of drug-likeness (QED) is 0.106. The monoisotopic (exact) mass is 586 g/mol. The summed E-state index contributed by atoms with van der Waals surface area (Å²) in [6.45, 7) is 15.0. The summed E-state index contributed by atoms with van der Waals surface area (Å²) < 4.78 is 65.4. The van der Waals surface area contributed by atoms with Gasteiger partial charge in [0.25, 0.3) is 0 Å². The molecule has 0 radical (unpaired) electrons. The molecule has 0 saturated carbocycles. The second kappa shape index (κ2) is 14.5. The Kier molecular flexibility index (Phi) is 13.1. The number of epoxide rings is 2. The highest BCUT2D eigenvalue weighted by Gasteiger charge is 2.56. The van der Waals surface area contributed by atoms with Crippen molar-refractivity contribution in [2.24, 2.45) is 0 Å². The topological polar surface area (TPSA) is 108 Å². The van der Waals surface area contributed by atoms with Crippen LogP contribution in [0.5, 0.6) is 0 Å². The molecule has 2 saturated heterocycles. The zero-order valence-electron chi connectivity index (χ0n) is 23.2. The zero-order valence-corrected chi connectivity index (χ0v) is 27.2. The fourth-order valence-corrected chi connectivity index (χ4v) is 19.6. The van der Waals surface area contributed by atoms with Crippen molar-refractivity contribution in [3.8, 4) is 0 Å². The molecular formula is C21H46O11Si4. The van der Waals surface area contributed by atoms with Crippen molar-refractivity contribution >= 4 is 34.7 Å². The van der Waals surface area contributed by atoms with Gasteiger partial charge in [-0.3, -0.25) is 0 Å². The van der Waals surface area contributed by atoms with Crippen LogP contribution in [0.4, 0.5) is 0 Å². The van der Waals surface area contributed by atoms with E-state index in [2.05, 4.69) is 6.58 Å². The van der Waals surface area contributed by atoms with E-state index < -0.39 is 34.7 Å². The van der Waals surface area contributed by atoms with Crippen LogP contribution in [0.2, 0.25) is 25.7 Å². The highest BCUT2D eigenvalue weighted by atomic mass is 28.5. The van der Waals surface area contributed by atoms with E-state index in [4.69, 9.17) is 49.0 Å². The van der Waals surface area contributed by atoms with Gasteiger partial charge in [-0.2, -0.15) is 0 Å². The molecule has 2 fully saturated rings. The summed E-state index contributed by atoms with van der Waals surface area (Å²) in [6, 6.07) is 0.600. The van der Waals surface area contributed by atoms with E-state index >= 15 is 0 Å². The summed E-state index contributed by atoms with van der Waals surface area (Å²) in [5.74, 6) is 0. The zero-order chi connectivity index (χ0) is 26.9. The average Bonchev–Trinajstić information content (AvgIpc) is 3.78. The molecule has 0 bridgehead atoms. The Morgan fingerprint density at radius 2 is 1.47 bits per heavy atom. The van der Waals surface area contributed by atoms with E-state index in [1.165, 1.54) is 0 Å².